The van der Waals surface area contributed by atoms with Crippen LogP contribution in [0.2, 0.25) is 0 Å². The average molecular weight is 278 g/mol. The fourth-order valence-electron chi connectivity index (χ4n) is 1.74. The summed E-state index contributed by atoms with van der Waals surface area (Å²) < 4.78 is 26.1. The Hall–Kier alpha value is -0.130. The topological polar surface area (TPSA) is 49.4 Å². The third-order valence-electron chi connectivity index (χ3n) is 2.92. The van der Waals surface area contributed by atoms with Crippen molar-refractivity contribution in [3.05, 3.63) is 0 Å². The van der Waals surface area contributed by atoms with Crippen LogP contribution in [0.15, 0.2) is 0 Å². The summed E-state index contributed by atoms with van der Waals surface area (Å²) in [6.45, 7) is 9.26. The number of rotatable bonds is 12. The third kappa shape index (κ3) is 8.06. The molecule has 110 valence electrons. The van der Waals surface area contributed by atoms with Crippen molar-refractivity contribution in [1.29, 1.82) is 0 Å². The molecule has 1 N–H and O–H groups in total. The second-order valence-electron chi connectivity index (χ2n) is 4.63. The molecule has 0 saturated carbocycles. The van der Waals surface area contributed by atoms with E-state index in [1.807, 2.05) is 6.92 Å². The molecule has 18 heavy (non-hydrogen) atoms. The van der Waals surface area contributed by atoms with Gasteiger partial charge in [0.05, 0.1) is 5.75 Å². The molecular formula is C13H30N2O2S. The van der Waals surface area contributed by atoms with Crippen molar-refractivity contribution in [2.75, 3.05) is 31.9 Å². The van der Waals surface area contributed by atoms with E-state index in [1.165, 1.54) is 0 Å². The minimum atomic E-state index is -3.05. The van der Waals surface area contributed by atoms with E-state index >= 15 is 0 Å². The molecule has 0 spiro atoms. The van der Waals surface area contributed by atoms with Crippen molar-refractivity contribution < 1.29 is 8.42 Å². The van der Waals surface area contributed by atoms with Crippen LogP contribution in [-0.2, 0) is 10.0 Å². The van der Waals surface area contributed by atoms with Gasteiger partial charge in [0.1, 0.15) is 0 Å². The predicted molar refractivity (Wildman–Crippen MR) is 78.3 cm³/mol. The van der Waals surface area contributed by atoms with Gasteiger partial charge in [0, 0.05) is 13.1 Å². The van der Waals surface area contributed by atoms with Gasteiger partial charge in [-0.3, -0.25) is 0 Å². The number of nitrogens with one attached hydrogen (secondary N) is 1. The highest BCUT2D eigenvalue weighted by molar-refractivity contribution is 7.89. The van der Waals surface area contributed by atoms with Crippen LogP contribution in [0.3, 0.4) is 0 Å². The molecule has 0 unspecified atom stereocenters. The van der Waals surface area contributed by atoms with E-state index in [0.717, 1.165) is 38.8 Å². The first-order valence-corrected chi connectivity index (χ1v) is 8.87. The molecule has 0 fully saturated rings. The van der Waals surface area contributed by atoms with Crippen molar-refractivity contribution in [3.63, 3.8) is 0 Å². The van der Waals surface area contributed by atoms with E-state index in [2.05, 4.69) is 19.2 Å². The highest BCUT2D eigenvalue weighted by Crippen LogP contribution is 2.08. The maximum Gasteiger partial charge on any atom is 0.214 e. The second-order valence-corrected chi connectivity index (χ2v) is 6.72. The fraction of sp³-hybridized carbons (Fsp3) is 1.00. The van der Waals surface area contributed by atoms with Crippen LogP contribution < -0.4 is 5.32 Å². The Morgan fingerprint density at radius 2 is 1.50 bits per heavy atom. The molecular weight excluding hydrogens is 248 g/mol. The third-order valence-corrected chi connectivity index (χ3v) is 4.88. The van der Waals surface area contributed by atoms with Crippen LogP contribution in [0, 0.1) is 0 Å². The van der Waals surface area contributed by atoms with Gasteiger partial charge in [0.15, 0.2) is 0 Å². The number of unbranched alkanes of at least 4 members (excludes halogenated alkanes) is 2. The van der Waals surface area contributed by atoms with Crippen LogP contribution >= 0.6 is 0 Å². The lowest BCUT2D eigenvalue weighted by Gasteiger charge is -2.21. The second kappa shape index (κ2) is 10.8. The van der Waals surface area contributed by atoms with E-state index in [-0.39, 0.29) is 5.75 Å². The molecule has 0 aromatic rings. The van der Waals surface area contributed by atoms with Crippen molar-refractivity contribution in [3.8, 4) is 0 Å². The lowest BCUT2D eigenvalue weighted by Crippen LogP contribution is -2.35. The zero-order chi connectivity index (χ0) is 13.9. The molecule has 0 saturated heterocycles. The summed E-state index contributed by atoms with van der Waals surface area (Å²) in [5, 5.41) is 3.16. The van der Waals surface area contributed by atoms with E-state index in [0.29, 0.717) is 19.5 Å². The summed E-state index contributed by atoms with van der Waals surface area (Å²) in [4.78, 5) is 0. The van der Waals surface area contributed by atoms with Crippen molar-refractivity contribution in [1.82, 2.24) is 9.62 Å². The monoisotopic (exact) mass is 278 g/mol. The first-order chi connectivity index (χ1) is 8.58. The van der Waals surface area contributed by atoms with Gasteiger partial charge in [-0.25, -0.2) is 12.7 Å². The molecule has 0 bridgehead atoms. The Balaban J connectivity index is 4.24. The first-order valence-electron chi connectivity index (χ1n) is 7.27. The Kier molecular flexibility index (Phi) is 10.7. The maximum atomic E-state index is 12.2. The van der Waals surface area contributed by atoms with Crippen molar-refractivity contribution in [2.45, 2.75) is 52.9 Å². The number of hydrogen-bond donors (Lipinski definition) is 1. The van der Waals surface area contributed by atoms with Crippen molar-refractivity contribution in [2.24, 2.45) is 0 Å². The molecule has 0 aliphatic rings. The number of nitrogens with zero attached hydrogens (tertiary/aromatic N) is 1. The van der Waals surface area contributed by atoms with Gasteiger partial charge in [0.2, 0.25) is 10.0 Å². The SMILES string of the molecule is CCCCN(CCCC)S(=O)(=O)CCCNCC. The largest absolute Gasteiger partial charge is 0.317 e. The average Bonchev–Trinajstić information content (AvgIpc) is 2.34. The standard InChI is InChI=1S/C13H30N2O2S/c1-4-7-11-15(12-8-5-2)18(16,17)13-9-10-14-6-3/h14H,4-13H2,1-3H3. The van der Waals surface area contributed by atoms with Gasteiger partial charge in [-0.05, 0) is 32.4 Å². The summed E-state index contributed by atoms with van der Waals surface area (Å²) in [5.41, 5.74) is 0. The van der Waals surface area contributed by atoms with Crippen LogP contribution in [0.1, 0.15) is 52.9 Å². The Morgan fingerprint density at radius 3 is 1.94 bits per heavy atom. The quantitative estimate of drug-likeness (QED) is 0.557. The van der Waals surface area contributed by atoms with Gasteiger partial charge >= 0.3 is 0 Å². The lowest BCUT2D eigenvalue weighted by molar-refractivity contribution is 0.394. The summed E-state index contributed by atoms with van der Waals surface area (Å²) in [7, 11) is -3.05. The van der Waals surface area contributed by atoms with Gasteiger partial charge in [-0.15, -0.1) is 0 Å². The summed E-state index contributed by atoms with van der Waals surface area (Å²) >= 11 is 0. The highest BCUT2D eigenvalue weighted by Gasteiger charge is 2.20. The lowest BCUT2D eigenvalue weighted by atomic mass is 10.3. The van der Waals surface area contributed by atoms with E-state index < -0.39 is 10.0 Å². The van der Waals surface area contributed by atoms with Crippen LogP contribution in [0.4, 0.5) is 0 Å². The van der Waals surface area contributed by atoms with Gasteiger partial charge in [-0.2, -0.15) is 0 Å². The van der Waals surface area contributed by atoms with Crippen LogP contribution in [0.25, 0.3) is 0 Å². The van der Waals surface area contributed by atoms with Gasteiger partial charge < -0.3 is 5.32 Å². The fourth-order valence-corrected chi connectivity index (χ4v) is 3.33. The minimum Gasteiger partial charge on any atom is -0.317 e. The van der Waals surface area contributed by atoms with Crippen LogP contribution in [-0.4, -0.2) is 44.7 Å². The van der Waals surface area contributed by atoms with Crippen molar-refractivity contribution >= 4 is 10.0 Å². The first kappa shape index (κ1) is 17.9. The number of sulfonamides is 1. The van der Waals surface area contributed by atoms with Gasteiger partial charge in [0.25, 0.3) is 0 Å². The highest BCUT2D eigenvalue weighted by atomic mass is 32.2. The molecule has 0 aromatic heterocycles. The number of hydrogen-bond acceptors (Lipinski definition) is 3. The molecule has 0 atom stereocenters. The molecule has 0 aliphatic carbocycles. The van der Waals surface area contributed by atoms with E-state index in [1.54, 1.807) is 4.31 Å². The van der Waals surface area contributed by atoms with Crippen LogP contribution in [0.5, 0.6) is 0 Å². The smallest absolute Gasteiger partial charge is 0.214 e. The Morgan fingerprint density at radius 1 is 0.944 bits per heavy atom. The van der Waals surface area contributed by atoms with E-state index in [9.17, 15) is 8.42 Å². The van der Waals surface area contributed by atoms with E-state index in [4.69, 9.17) is 0 Å². The molecule has 0 radical (unpaired) electrons. The maximum absolute atomic E-state index is 12.2. The molecule has 4 nitrogen and oxygen atoms in total. The normalized spacial score (nSPS) is 12.2. The predicted octanol–water partition coefficient (Wildman–Crippen LogP) is 2.22. The summed E-state index contributed by atoms with van der Waals surface area (Å²) in [6, 6.07) is 0. The molecule has 0 aliphatic heterocycles. The molecule has 0 heterocycles. The minimum absolute atomic E-state index is 0.271. The Labute approximate surface area is 113 Å². The summed E-state index contributed by atoms with van der Waals surface area (Å²) in [6.07, 6.45) is 4.68. The zero-order valence-electron chi connectivity index (χ0n) is 12.2. The molecule has 0 rings (SSSR count). The van der Waals surface area contributed by atoms with Gasteiger partial charge in [-0.1, -0.05) is 33.6 Å². The molecule has 5 heteroatoms. The summed E-state index contributed by atoms with van der Waals surface area (Å²) in [5.74, 6) is 0.271. The Bertz CT molecular complexity index is 271. The zero-order valence-corrected chi connectivity index (χ0v) is 13.1. The molecule has 0 aromatic carbocycles. The molecule has 0 amide bonds.